The molecule has 0 radical (unpaired) electrons. The Balaban J connectivity index is 1.60. The van der Waals surface area contributed by atoms with Gasteiger partial charge in [-0.3, -0.25) is 4.79 Å². The van der Waals surface area contributed by atoms with Gasteiger partial charge in [-0.15, -0.1) is 0 Å². The number of fused-ring (bicyclic) bond motifs is 1. The fraction of sp³-hybridized carbons (Fsp3) is 0.455. The summed E-state index contributed by atoms with van der Waals surface area (Å²) < 4.78 is 34.8. The number of aryl methyl sites for hydroxylation is 2. The van der Waals surface area contributed by atoms with Crippen LogP contribution in [0.2, 0.25) is 10.0 Å². The fourth-order valence-corrected chi connectivity index (χ4v) is 6.38. The number of ether oxygens (including phenoxy) is 1. The zero-order valence-electron chi connectivity index (χ0n) is 19.7. The van der Waals surface area contributed by atoms with E-state index in [1.54, 1.807) is 18.4 Å². The van der Waals surface area contributed by atoms with Crippen molar-refractivity contribution in [3.8, 4) is 0 Å². The summed E-state index contributed by atoms with van der Waals surface area (Å²) in [6.45, 7) is 7.00. The van der Waals surface area contributed by atoms with Crippen LogP contribution in [-0.4, -0.2) is 71.1 Å². The molecule has 1 fully saturated rings. The van der Waals surface area contributed by atoms with Crippen LogP contribution in [0, 0.1) is 13.8 Å². The summed E-state index contributed by atoms with van der Waals surface area (Å²) >= 11 is 12.3. The molecule has 13 heteroatoms. The fourth-order valence-electron chi connectivity index (χ4n) is 4.15. The Morgan fingerprint density at radius 3 is 2.51 bits per heavy atom. The molecular formula is C22H26Cl2N6O4S. The van der Waals surface area contributed by atoms with E-state index in [0.717, 1.165) is 17.1 Å². The molecule has 0 atom stereocenters. The quantitative estimate of drug-likeness (QED) is 0.420. The smallest absolute Gasteiger partial charge is 0.306 e. The summed E-state index contributed by atoms with van der Waals surface area (Å²) in [6, 6.07) is 2.96. The summed E-state index contributed by atoms with van der Waals surface area (Å²) in [5.41, 5.74) is 2.23. The number of nitrogens with zero attached hydrogens (tertiary/aromatic N) is 6. The average molecular weight is 541 g/mol. The van der Waals surface area contributed by atoms with Gasteiger partial charge in [-0.2, -0.15) is 18.9 Å². The number of hydrogen-bond donors (Lipinski definition) is 0. The Bertz CT molecular complexity index is 1370. The van der Waals surface area contributed by atoms with Crippen LogP contribution in [0.3, 0.4) is 0 Å². The van der Waals surface area contributed by atoms with Gasteiger partial charge in [-0.05, 0) is 44.9 Å². The minimum absolute atomic E-state index is 0.0445. The second kappa shape index (κ2) is 10.3. The molecule has 0 N–H and O–H groups in total. The second-order valence-electron chi connectivity index (χ2n) is 8.20. The first-order chi connectivity index (χ1) is 16.6. The molecule has 2 aromatic heterocycles. The monoisotopic (exact) mass is 540 g/mol. The molecule has 35 heavy (non-hydrogen) atoms. The third-order valence-corrected chi connectivity index (χ3v) is 8.73. The van der Waals surface area contributed by atoms with Gasteiger partial charge in [0.25, 0.3) is 5.78 Å². The molecule has 0 unspecified atom stereocenters. The van der Waals surface area contributed by atoms with Gasteiger partial charge in [-0.25, -0.2) is 13.4 Å². The van der Waals surface area contributed by atoms with Crippen LogP contribution in [0.25, 0.3) is 5.78 Å². The Kier molecular flexibility index (Phi) is 7.51. The largest absolute Gasteiger partial charge is 0.466 e. The third-order valence-electron chi connectivity index (χ3n) is 5.96. The summed E-state index contributed by atoms with van der Waals surface area (Å²) in [7, 11) is -3.81. The van der Waals surface area contributed by atoms with Crippen molar-refractivity contribution < 1.29 is 17.9 Å². The summed E-state index contributed by atoms with van der Waals surface area (Å²) in [5, 5.41) is 4.84. The molecule has 0 bridgehead atoms. The summed E-state index contributed by atoms with van der Waals surface area (Å²) in [5.74, 6) is 0.908. The standard InChI is InChI=1S/C22H26Cl2N6O4S/c1-4-34-20(31)6-5-16-15(3)27-22-25-13-26-30(22)21(16)28-7-9-29(10-8-28)35(32,33)19-11-14(2)17(23)12-18(19)24/h11-13H,4-10H2,1-3H3. The normalized spacial score (nSPS) is 15.1. The predicted octanol–water partition coefficient (Wildman–Crippen LogP) is 3.05. The molecule has 10 nitrogen and oxygen atoms in total. The van der Waals surface area contributed by atoms with Gasteiger partial charge >= 0.3 is 5.97 Å². The summed E-state index contributed by atoms with van der Waals surface area (Å²) in [4.78, 5) is 22.8. The maximum atomic E-state index is 13.3. The highest BCUT2D eigenvalue weighted by atomic mass is 35.5. The number of aromatic nitrogens is 4. The predicted molar refractivity (Wildman–Crippen MR) is 133 cm³/mol. The van der Waals surface area contributed by atoms with E-state index in [9.17, 15) is 13.2 Å². The number of benzene rings is 1. The number of carbonyl (C=O) groups is 1. The Morgan fingerprint density at radius 2 is 1.83 bits per heavy atom. The highest BCUT2D eigenvalue weighted by Gasteiger charge is 2.32. The number of sulfonamides is 1. The Hall–Kier alpha value is -2.47. The highest BCUT2D eigenvalue weighted by Crippen LogP contribution is 2.32. The number of halogens is 2. The maximum absolute atomic E-state index is 13.3. The molecular weight excluding hydrogens is 515 g/mol. The molecule has 1 aliphatic heterocycles. The van der Waals surface area contributed by atoms with E-state index in [2.05, 4.69) is 20.0 Å². The van der Waals surface area contributed by atoms with E-state index >= 15 is 0 Å². The molecule has 188 valence electrons. The van der Waals surface area contributed by atoms with E-state index in [1.165, 1.54) is 22.8 Å². The van der Waals surface area contributed by atoms with Crippen LogP contribution >= 0.6 is 23.2 Å². The van der Waals surface area contributed by atoms with Crippen molar-refractivity contribution >= 4 is 50.8 Å². The molecule has 0 saturated carbocycles. The number of anilines is 1. The molecule has 1 saturated heterocycles. The van der Waals surface area contributed by atoms with Crippen LogP contribution in [-0.2, 0) is 26.0 Å². The van der Waals surface area contributed by atoms with E-state index in [0.29, 0.717) is 42.5 Å². The lowest BCUT2D eigenvalue weighted by atomic mass is 10.1. The average Bonchev–Trinajstić information content (AvgIpc) is 3.27. The van der Waals surface area contributed by atoms with Gasteiger partial charge in [0.15, 0.2) is 0 Å². The lowest BCUT2D eigenvalue weighted by molar-refractivity contribution is -0.143. The van der Waals surface area contributed by atoms with E-state index in [1.807, 2.05) is 6.92 Å². The summed E-state index contributed by atoms with van der Waals surface area (Å²) in [6.07, 6.45) is 2.04. The van der Waals surface area contributed by atoms with Gasteiger partial charge in [0.05, 0.1) is 11.6 Å². The first-order valence-electron chi connectivity index (χ1n) is 11.2. The SMILES string of the molecule is CCOC(=O)CCc1c(C)nc2ncnn2c1N1CCN(S(=O)(=O)c2cc(C)c(Cl)cc2Cl)CC1. The van der Waals surface area contributed by atoms with Crippen LogP contribution < -0.4 is 4.90 Å². The van der Waals surface area contributed by atoms with Crippen LogP contribution in [0.5, 0.6) is 0 Å². The van der Waals surface area contributed by atoms with E-state index in [4.69, 9.17) is 27.9 Å². The van der Waals surface area contributed by atoms with Crippen molar-refractivity contribution in [1.82, 2.24) is 23.9 Å². The van der Waals surface area contributed by atoms with Crippen molar-refractivity contribution in [1.29, 1.82) is 0 Å². The minimum Gasteiger partial charge on any atom is -0.466 e. The minimum atomic E-state index is -3.81. The number of piperazine rings is 1. The van der Waals surface area contributed by atoms with Gasteiger partial charge in [0.1, 0.15) is 17.0 Å². The van der Waals surface area contributed by atoms with Crippen molar-refractivity contribution in [3.05, 3.63) is 45.3 Å². The highest BCUT2D eigenvalue weighted by molar-refractivity contribution is 7.89. The second-order valence-corrected chi connectivity index (χ2v) is 10.9. The maximum Gasteiger partial charge on any atom is 0.306 e. The van der Waals surface area contributed by atoms with Crippen molar-refractivity contribution in [3.63, 3.8) is 0 Å². The molecule has 3 heterocycles. The molecule has 3 aromatic rings. The Morgan fingerprint density at radius 1 is 1.11 bits per heavy atom. The van der Waals surface area contributed by atoms with Crippen molar-refractivity contribution in [2.45, 2.75) is 38.5 Å². The van der Waals surface area contributed by atoms with Crippen LogP contribution in [0.4, 0.5) is 5.82 Å². The number of hydrogen-bond acceptors (Lipinski definition) is 8. The van der Waals surface area contributed by atoms with Crippen LogP contribution in [0.15, 0.2) is 23.4 Å². The number of rotatable bonds is 7. The molecule has 1 aliphatic rings. The van der Waals surface area contributed by atoms with Gasteiger partial charge < -0.3 is 9.64 Å². The van der Waals surface area contributed by atoms with Gasteiger partial charge in [0, 0.05) is 48.9 Å². The van der Waals surface area contributed by atoms with Gasteiger partial charge in [-0.1, -0.05) is 23.2 Å². The number of esters is 1. The molecule has 4 rings (SSSR count). The first-order valence-corrected chi connectivity index (χ1v) is 13.4. The molecule has 0 aliphatic carbocycles. The molecule has 1 aromatic carbocycles. The zero-order valence-corrected chi connectivity index (χ0v) is 22.0. The number of carbonyl (C=O) groups excluding carboxylic acids is 1. The lowest BCUT2D eigenvalue weighted by Crippen LogP contribution is -2.49. The van der Waals surface area contributed by atoms with E-state index in [-0.39, 0.29) is 35.4 Å². The lowest BCUT2D eigenvalue weighted by Gasteiger charge is -2.36. The van der Waals surface area contributed by atoms with Crippen molar-refractivity contribution in [2.75, 3.05) is 37.7 Å². The topological polar surface area (TPSA) is 110 Å². The molecule has 0 amide bonds. The van der Waals surface area contributed by atoms with Crippen LogP contribution in [0.1, 0.15) is 30.2 Å². The van der Waals surface area contributed by atoms with Crippen molar-refractivity contribution in [2.24, 2.45) is 0 Å². The zero-order chi connectivity index (χ0) is 25.3. The van der Waals surface area contributed by atoms with Gasteiger partial charge in [0.2, 0.25) is 10.0 Å². The third kappa shape index (κ3) is 5.09. The Labute approximate surface area is 213 Å². The molecule has 0 spiro atoms. The van der Waals surface area contributed by atoms with E-state index < -0.39 is 10.0 Å². The first kappa shape index (κ1) is 25.6.